The minimum absolute atomic E-state index is 0.904. The van der Waals surface area contributed by atoms with Gasteiger partial charge in [-0.25, -0.2) is 0 Å². The minimum Gasteiger partial charge on any atom is -0.456 e. The molecular weight excluding hydrogens is 593 g/mol. The van der Waals surface area contributed by atoms with Gasteiger partial charge in [-0.2, -0.15) is 0 Å². The zero-order valence-corrected chi connectivity index (χ0v) is 26.7. The highest BCUT2D eigenvalue weighted by atomic mass is 16.3. The van der Waals surface area contributed by atoms with Gasteiger partial charge >= 0.3 is 0 Å². The summed E-state index contributed by atoms with van der Waals surface area (Å²) < 4.78 is 6.42. The maximum Gasteiger partial charge on any atom is 0.136 e. The maximum atomic E-state index is 6.42. The molecule has 1 nitrogen and oxygen atoms in total. The Morgan fingerprint density at radius 1 is 0.265 bits per heavy atom. The molecule has 0 fully saturated rings. The van der Waals surface area contributed by atoms with Crippen LogP contribution in [0, 0.1) is 0 Å². The van der Waals surface area contributed by atoms with Crippen molar-refractivity contribution in [2.24, 2.45) is 0 Å². The van der Waals surface area contributed by atoms with E-state index >= 15 is 0 Å². The monoisotopic (exact) mass is 622 g/mol. The normalized spacial score (nSPS) is 11.7. The molecule has 9 aromatic carbocycles. The Morgan fingerprint density at radius 3 is 1.61 bits per heavy atom. The topological polar surface area (TPSA) is 13.1 Å². The van der Waals surface area contributed by atoms with Crippen LogP contribution in [0.4, 0.5) is 0 Å². The van der Waals surface area contributed by atoms with Crippen molar-refractivity contribution in [1.82, 2.24) is 0 Å². The van der Waals surface area contributed by atoms with Gasteiger partial charge in [-0.15, -0.1) is 0 Å². The first-order valence-corrected chi connectivity index (χ1v) is 16.8. The molecule has 228 valence electrons. The van der Waals surface area contributed by atoms with Crippen molar-refractivity contribution in [2.75, 3.05) is 0 Å². The summed E-state index contributed by atoms with van der Waals surface area (Å²) >= 11 is 0. The van der Waals surface area contributed by atoms with Gasteiger partial charge in [0.2, 0.25) is 0 Å². The van der Waals surface area contributed by atoms with Crippen molar-refractivity contribution in [3.63, 3.8) is 0 Å². The highest BCUT2D eigenvalue weighted by molar-refractivity contribution is 6.20. The lowest BCUT2D eigenvalue weighted by Crippen LogP contribution is -1.91. The molecule has 0 atom stereocenters. The number of para-hydroxylation sites is 1. The van der Waals surface area contributed by atoms with Gasteiger partial charge in [-0.3, -0.25) is 0 Å². The van der Waals surface area contributed by atoms with Gasteiger partial charge in [0.25, 0.3) is 0 Å². The highest BCUT2D eigenvalue weighted by Crippen LogP contribution is 2.45. The van der Waals surface area contributed by atoms with E-state index in [1.807, 2.05) is 12.1 Å². The quantitative estimate of drug-likeness (QED) is 0.178. The Morgan fingerprint density at radius 2 is 0.796 bits per heavy atom. The van der Waals surface area contributed by atoms with E-state index in [4.69, 9.17) is 4.42 Å². The lowest BCUT2D eigenvalue weighted by molar-refractivity contribution is 0.669. The van der Waals surface area contributed by atoms with Crippen LogP contribution < -0.4 is 0 Å². The molecule has 0 unspecified atom stereocenters. The Hall–Kier alpha value is -6.44. The van der Waals surface area contributed by atoms with Gasteiger partial charge in [0.1, 0.15) is 11.2 Å². The minimum atomic E-state index is 0.904. The number of furan rings is 1. The molecule has 0 saturated heterocycles. The molecule has 0 bridgehead atoms. The van der Waals surface area contributed by atoms with Crippen LogP contribution in [0.5, 0.6) is 0 Å². The lowest BCUT2D eigenvalue weighted by Gasteiger charge is -2.18. The van der Waals surface area contributed by atoms with Crippen LogP contribution in [-0.2, 0) is 0 Å². The summed E-state index contributed by atoms with van der Waals surface area (Å²) in [5.74, 6) is 0. The average Bonchev–Trinajstić information content (AvgIpc) is 3.55. The van der Waals surface area contributed by atoms with E-state index in [1.54, 1.807) is 0 Å². The fourth-order valence-electron chi connectivity index (χ4n) is 7.78. The summed E-state index contributed by atoms with van der Waals surface area (Å²) in [4.78, 5) is 0. The van der Waals surface area contributed by atoms with Crippen LogP contribution in [0.15, 0.2) is 186 Å². The third kappa shape index (κ3) is 4.47. The predicted molar refractivity (Wildman–Crippen MR) is 208 cm³/mol. The fourth-order valence-corrected chi connectivity index (χ4v) is 7.78. The largest absolute Gasteiger partial charge is 0.456 e. The molecule has 0 N–H and O–H groups in total. The van der Waals surface area contributed by atoms with Crippen LogP contribution in [0.2, 0.25) is 0 Å². The first kappa shape index (κ1) is 27.7. The number of rotatable bonds is 4. The number of benzene rings is 9. The first-order chi connectivity index (χ1) is 24.3. The lowest BCUT2D eigenvalue weighted by atomic mass is 9.85. The standard InChI is InChI=1S/C48H30O/c1-2-11-31(12-3-1)32-23-25-34(26-24-32)37-17-9-20-42-44(37)30-45-39(38-18-8-14-33-13-4-5-15-36(33)38)19-10-21-43(45)48(42)35-27-28-41-40-16-6-7-22-46(40)49-47(41)29-35/h1-30H. The molecule has 0 aliphatic heterocycles. The van der Waals surface area contributed by atoms with E-state index in [0.29, 0.717) is 0 Å². The SMILES string of the molecule is c1ccc(-c2ccc(-c3cccc4c(-c5ccc6c(c5)oc5ccccc56)c5cccc(-c6cccc7ccccc67)c5cc34)cc2)cc1. The molecule has 0 saturated carbocycles. The van der Waals surface area contributed by atoms with Gasteiger partial charge < -0.3 is 4.42 Å². The van der Waals surface area contributed by atoms with E-state index in [9.17, 15) is 0 Å². The van der Waals surface area contributed by atoms with Crippen LogP contribution >= 0.6 is 0 Å². The molecule has 10 aromatic rings. The molecule has 0 radical (unpaired) electrons. The summed E-state index contributed by atoms with van der Waals surface area (Å²) in [6, 6.07) is 65.9. The van der Waals surface area contributed by atoms with Gasteiger partial charge in [0, 0.05) is 10.8 Å². The van der Waals surface area contributed by atoms with Gasteiger partial charge in [0.05, 0.1) is 0 Å². The summed E-state index contributed by atoms with van der Waals surface area (Å²) in [7, 11) is 0. The fraction of sp³-hybridized carbons (Fsp3) is 0. The molecule has 0 aliphatic rings. The summed E-state index contributed by atoms with van der Waals surface area (Å²) in [6.07, 6.45) is 0. The van der Waals surface area contributed by atoms with Crippen LogP contribution in [0.3, 0.4) is 0 Å². The maximum absolute atomic E-state index is 6.42. The van der Waals surface area contributed by atoms with E-state index < -0.39 is 0 Å². The third-order valence-corrected chi connectivity index (χ3v) is 10.1. The second kappa shape index (κ2) is 11.1. The van der Waals surface area contributed by atoms with E-state index in [-0.39, 0.29) is 0 Å². The second-order valence-electron chi connectivity index (χ2n) is 12.8. The second-order valence-corrected chi connectivity index (χ2v) is 12.8. The summed E-state index contributed by atoms with van der Waals surface area (Å²) in [5, 5.41) is 9.70. The average molecular weight is 623 g/mol. The molecule has 1 heteroatoms. The van der Waals surface area contributed by atoms with Gasteiger partial charge in [0.15, 0.2) is 0 Å². The van der Waals surface area contributed by atoms with Crippen molar-refractivity contribution in [2.45, 2.75) is 0 Å². The molecule has 0 amide bonds. The molecule has 0 spiro atoms. The summed E-state index contributed by atoms with van der Waals surface area (Å²) in [6.45, 7) is 0. The molecule has 1 aromatic heterocycles. The van der Waals surface area contributed by atoms with E-state index in [1.165, 1.54) is 71.3 Å². The first-order valence-electron chi connectivity index (χ1n) is 16.8. The third-order valence-electron chi connectivity index (χ3n) is 10.1. The number of fused-ring (bicyclic) bond motifs is 6. The summed E-state index contributed by atoms with van der Waals surface area (Å²) in [5.41, 5.74) is 11.5. The Balaban J connectivity index is 1.27. The zero-order chi connectivity index (χ0) is 32.3. The van der Waals surface area contributed by atoms with Crippen molar-refractivity contribution in [3.05, 3.63) is 182 Å². The smallest absolute Gasteiger partial charge is 0.136 e. The van der Waals surface area contributed by atoms with E-state index in [2.05, 4.69) is 170 Å². The van der Waals surface area contributed by atoms with Crippen molar-refractivity contribution < 1.29 is 4.42 Å². The van der Waals surface area contributed by atoms with Gasteiger partial charge in [-0.1, -0.05) is 158 Å². The number of hydrogen-bond donors (Lipinski definition) is 0. The molecule has 0 aliphatic carbocycles. The highest BCUT2D eigenvalue weighted by Gasteiger charge is 2.18. The van der Waals surface area contributed by atoms with Gasteiger partial charge in [-0.05, 0) is 101 Å². The van der Waals surface area contributed by atoms with Crippen molar-refractivity contribution in [3.8, 4) is 44.5 Å². The number of hydrogen-bond acceptors (Lipinski definition) is 1. The predicted octanol–water partition coefficient (Wildman–Crippen LogP) is 13.7. The molecular formula is C48H30O. The van der Waals surface area contributed by atoms with Crippen LogP contribution in [0.25, 0.3) is 98.8 Å². The molecule has 10 rings (SSSR count). The Kier molecular flexibility index (Phi) is 6.25. The Labute approximate surface area is 284 Å². The van der Waals surface area contributed by atoms with Crippen LogP contribution in [-0.4, -0.2) is 0 Å². The van der Waals surface area contributed by atoms with Crippen molar-refractivity contribution in [1.29, 1.82) is 0 Å². The van der Waals surface area contributed by atoms with Crippen molar-refractivity contribution >= 4 is 54.3 Å². The van der Waals surface area contributed by atoms with Crippen LogP contribution in [0.1, 0.15) is 0 Å². The van der Waals surface area contributed by atoms with E-state index in [0.717, 1.165) is 27.5 Å². The molecule has 1 heterocycles. The molecule has 49 heavy (non-hydrogen) atoms. The zero-order valence-electron chi connectivity index (χ0n) is 26.7. The Bertz CT molecular complexity index is 2850.